The molecule has 8 atom stereocenters. The van der Waals surface area contributed by atoms with Gasteiger partial charge in [0.1, 0.15) is 12.2 Å². The molecule has 150 valence electrons. The van der Waals surface area contributed by atoms with Gasteiger partial charge in [-0.15, -0.1) is 0 Å². The van der Waals surface area contributed by atoms with E-state index in [-0.39, 0.29) is 34.9 Å². The average Bonchev–Trinajstić information content (AvgIpc) is 2.87. The third-order valence-corrected chi connectivity index (χ3v) is 8.96. The van der Waals surface area contributed by atoms with Gasteiger partial charge in [0.05, 0.1) is 6.10 Å². The second-order valence-corrected chi connectivity index (χ2v) is 10.1. The van der Waals surface area contributed by atoms with Crippen LogP contribution in [-0.2, 0) is 9.59 Å². The Morgan fingerprint density at radius 3 is 2.63 bits per heavy atom. The van der Waals surface area contributed by atoms with Crippen LogP contribution in [0.5, 0.6) is 0 Å². The third-order valence-electron chi connectivity index (χ3n) is 8.96. The fourth-order valence-corrected chi connectivity index (χ4v) is 7.62. The van der Waals surface area contributed by atoms with Crippen LogP contribution in [0.4, 0.5) is 0 Å². The Hall–Kier alpha value is -1.04. The Bertz CT molecular complexity index is 713. The highest BCUT2D eigenvalue weighted by molar-refractivity contribution is 5.93. The van der Waals surface area contributed by atoms with E-state index in [9.17, 15) is 24.9 Å². The van der Waals surface area contributed by atoms with Gasteiger partial charge in [0.25, 0.3) is 0 Å². The van der Waals surface area contributed by atoms with Crippen LogP contribution in [0.2, 0.25) is 0 Å². The van der Waals surface area contributed by atoms with Crippen molar-refractivity contribution in [2.75, 3.05) is 6.61 Å². The lowest BCUT2D eigenvalue weighted by atomic mass is 9.45. The lowest BCUT2D eigenvalue weighted by Crippen LogP contribution is -2.62. The van der Waals surface area contributed by atoms with Crippen LogP contribution < -0.4 is 0 Å². The SMILES string of the molecule is C[C@@H]1C[C@@]2(C)C(=CC1=O)CC[C@@H]1[C@@H]2[C@@H](O)C[C@@]2(C)[C@H]1CC[C@]2(O)C(=O)CO. The van der Waals surface area contributed by atoms with E-state index >= 15 is 0 Å². The molecule has 0 unspecified atom stereocenters. The summed E-state index contributed by atoms with van der Waals surface area (Å²) in [6.07, 6.45) is 5.17. The molecule has 0 saturated heterocycles. The Morgan fingerprint density at radius 2 is 1.96 bits per heavy atom. The van der Waals surface area contributed by atoms with Gasteiger partial charge in [-0.3, -0.25) is 9.59 Å². The summed E-state index contributed by atoms with van der Waals surface area (Å²) in [5.41, 5.74) is -1.28. The Morgan fingerprint density at radius 1 is 1.26 bits per heavy atom. The first-order valence-corrected chi connectivity index (χ1v) is 10.4. The van der Waals surface area contributed by atoms with Crippen molar-refractivity contribution in [3.05, 3.63) is 11.6 Å². The average molecular weight is 376 g/mol. The van der Waals surface area contributed by atoms with E-state index in [2.05, 4.69) is 6.92 Å². The molecule has 0 aliphatic heterocycles. The molecule has 3 fully saturated rings. The van der Waals surface area contributed by atoms with E-state index in [0.29, 0.717) is 12.8 Å². The molecule has 0 heterocycles. The predicted octanol–water partition coefficient (Wildman–Crippen LogP) is 2.03. The van der Waals surface area contributed by atoms with Crippen molar-refractivity contribution < 1.29 is 24.9 Å². The van der Waals surface area contributed by atoms with Crippen LogP contribution >= 0.6 is 0 Å². The maximum absolute atomic E-state index is 12.4. The molecule has 0 aromatic heterocycles. The van der Waals surface area contributed by atoms with Gasteiger partial charge in [0.2, 0.25) is 0 Å². The van der Waals surface area contributed by atoms with Crippen LogP contribution in [0.3, 0.4) is 0 Å². The van der Waals surface area contributed by atoms with Crippen molar-refractivity contribution in [2.45, 2.75) is 71.0 Å². The molecule has 3 saturated carbocycles. The van der Waals surface area contributed by atoms with Crippen molar-refractivity contribution in [1.82, 2.24) is 0 Å². The molecule has 4 rings (SSSR count). The van der Waals surface area contributed by atoms with Gasteiger partial charge in [-0.05, 0) is 67.8 Å². The normalized spacial score (nSPS) is 51.9. The number of allylic oxidation sites excluding steroid dienone is 1. The molecule has 0 radical (unpaired) electrons. The summed E-state index contributed by atoms with van der Waals surface area (Å²) in [7, 11) is 0. The minimum absolute atomic E-state index is 0.0329. The highest BCUT2D eigenvalue weighted by Gasteiger charge is 2.68. The van der Waals surface area contributed by atoms with Crippen LogP contribution in [0.25, 0.3) is 0 Å². The molecule has 4 aliphatic rings. The molecule has 4 aliphatic carbocycles. The zero-order valence-electron chi connectivity index (χ0n) is 16.6. The quantitative estimate of drug-likeness (QED) is 0.685. The van der Waals surface area contributed by atoms with E-state index in [4.69, 9.17) is 0 Å². The van der Waals surface area contributed by atoms with Gasteiger partial charge >= 0.3 is 0 Å². The Labute approximate surface area is 160 Å². The van der Waals surface area contributed by atoms with E-state index in [1.54, 1.807) is 0 Å². The number of Topliss-reactive ketones (excluding diaryl/α,β-unsaturated/α-hetero) is 1. The number of aliphatic hydroxyl groups excluding tert-OH is 2. The molecule has 0 bridgehead atoms. The number of hydrogen-bond acceptors (Lipinski definition) is 5. The molecular formula is C22H32O5. The van der Waals surface area contributed by atoms with Gasteiger partial charge in [-0.2, -0.15) is 0 Å². The topological polar surface area (TPSA) is 94.8 Å². The van der Waals surface area contributed by atoms with Gasteiger partial charge in [0, 0.05) is 11.3 Å². The van der Waals surface area contributed by atoms with Crippen LogP contribution in [0, 0.1) is 34.5 Å². The lowest BCUT2D eigenvalue weighted by molar-refractivity contribution is -0.183. The lowest BCUT2D eigenvalue weighted by Gasteiger charge is -2.60. The van der Waals surface area contributed by atoms with E-state index in [0.717, 1.165) is 25.7 Å². The third kappa shape index (κ3) is 2.34. The Balaban J connectivity index is 1.74. The highest BCUT2D eigenvalue weighted by Crippen LogP contribution is 2.67. The first-order chi connectivity index (χ1) is 12.6. The number of carbonyl (C=O) groups is 2. The number of carbonyl (C=O) groups excluding carboxylic acids is 2. The van der Waals surface area contributed by atoms with Gasteiger partial charge in [0.15, 0.2) is 11.6 Å². The summed E-state index contributed by atoms with van der Waals surface area (Å²) < 4.78 is 0. The highest BCUT2D eigenvalue weighted by atomic mass is 16.3. The monoisotopic (exact) mass is 376 g/mol. The van der Waals surface area contributed by atoms with Gasteiger partial charge < -0.3 is 15.3 Å². The summed E-state index contributed by atoms with van der Waals surface area (Å²) >= 11 is 0. The Kier molecular flexibility index (Phi) is 4.27. The maximum Gasteiger partial charge on any atom is 0.190 e. The van der Waals surface area contributed by atoms with Crippen molar-refractivity contribution in [3.63, 3.8) is 0 Å². The number of ketones is 2. The summed E-state index contributed by atoms with van der Waals surface area (Å²) in [5.74, 6) is 0.0733. The minimum atomic E-state index is -1.55. The summed E-state index contributed by atoms with van der Waals surface area (Å²) in [6, 6.07) is 0. The van der Waals surface area contributed by atoms with Crippen molar-refractivity contribution in [2.24, 2.45) is 34.5 Å². The maximum atomic E-state index is 12.4. The fraction of sp³-hybridized carbons (Fsp3) is 0.818. The number of aliphatic hydroxyl groups is 3. The van der Waals surface area contributed by atoms with E-state index in [1.165, 1.54) is 5.57 Å². The molecule has 0 amide bonds. The largest absolute Gasteiger partial charge is 0.393 e. The van der Waals surface area contributed by atoms with Crippen molar-refractivity contribution >= 4 is 11.6 Å². The molecule has 27 heavy (non-hydrogen) atoms. The van der Waals surface area contributed by atoms with Crippen molar-refractivity contribution in [1.29, 1.82) is 0 Å². The minimum Gasteiger partial charge on any atom is -0.393 e. The van der Waals surface area contributed by atoms with Crippen LogP contribution in [-0.4, -0.2) is 45.2 Å². The van der Waals surface area contributed by atoms with E-state index in [1.807, 2.05) is 19.9 Å². The first kappa shape index (κ1) is 19.3. The van der Waals surface area contributed by atoms with Crippen LogP contribution in [0.1, 0.15) is 59.3 Å². The zero-order valence-corrected chi connectivity index (χ0v) is 16.6. The molecule has 5 nitrogen and oxygen atoms in total. The second kappa shape index (κ2) is 5.98. The van der Waals surface area contributed by atoms with Crippen molar-refractivity contribution in [3.8, 4) is 0 Å². The molecule has 3 N–H and O–H groups in total. The number of rotatable bonds is 2. The number of fused-ring (bicyclic) bond motifs is 5. The standard InChI is InChI=1S/C22H32O5/c1-12-9-20(2)13(8-16(12)24)4-5-14-15-6-7-22(27,18(26)11-23)21(15,3)10-17(25)19(14)20/h8,12,14-15,17,19,23,25,27H,4-7,9-11H2,1-3H3/t12-,14+,15+,17+,19-,20+,21+,22+/m1/s1. The summed E-state index contributed by atoms with van der Waals surface area (Å²) in [5, 5.41) is 31.9. The molecule has 0 aromatic rings. The molecule has 5 heteroatoms. The van der Waals surface area contributed by atoms with Gasteiger partial charge in [-0.25, -0.2) is 0 Å². The molecule has 0 aromatic carbocycles. The first-order valence-electron chi connectivity index (χ1n) is 10.4. The van der Waals surface area contributed by atoms with Crippen LogP contribution in [0.15, 0.2) is 11.6 Å². The predicted molar refractivity (Wildman–Crippen MR) is 99.7 cm³/mol. The summed E-state index contributed by atoms with van der Waals surface area (Å²) in [6.45, 7) is 5.44. The van der Waals surface area contributed by atoms with E-state index < -0.39 is 29.5 Å². The molecular weight excluding hydrogens is 344 g/mol. The van der Waals surface area contributed by atoms with Gasteiger partial charge in [-0.1, -0.05) is 26.3 Å². The summed E-state index contributed by atoms with van der Waals surface area (Å²) in [4.78, 5) is 24.6. The fourth-order valence-electron chi connectivity index (χ4n) is 7.62. The smallest absolute Gasteiger partial charge is 0.190 e. The number of hydrogen-bond donors (Lipinski definition) is 3. The zero-order chi connectivity index (χ0) is 19.8. The second-order valence-electron chi connectivity index (χ2n) is 10.1. The molecule has 0 spiro atoms.